The molecule has 1 saturated heterocycles. The second-order valence-electron chi connectivity index (χ2n) is 6.75. The van der Waals surface area contributed by atoms with Gasteiger partial charge in [-0.2, -0.15) is 8.78 Å². The van der Waals surface area contributed by atoms with Gasteiger partial charge < -0.3 is 14.5 Å². The Morgan fingerprint density at radius 2 is 1.79 bits per heavy atom. The van der Waals surface area contributed by atoms with E-state index >= 15 is 0 Å². The summed E-state index contributed by atoms with van der Waals surface area (Å²) >= 11 is 0. The van der Waals surface area contributed by atoms with E-state index in [0.29, 0.717) is 0 Å². The molecule has 0 spiro atoms. The van der Waals surface area contributed by atoms with Crippen LogP contribution >= 0.6 is 0 Å². The van der Waals surface area contributed by atoms with Gasteiger partial charge in [0, 0.05) is 37.9 Å². The van der Waals surface area contributed by atoms with Crippen LogP contribution in [0.3, 0.4) is 0 Å². The molecule has 3 rings (SSSR count). The highest BCUT2D eigenvalue weighted by Gasteiger charge is 2.20. The minimum absolute atomic E-state index is 0.114. The first-order valence-corrected chi connectivity index (χ1v) is 10.3. The van der Waals surface area contributed by atoms with E-state index in [1.165, 1.54) is 30.3 Å². The molecule has 9 heteroatoms. The topological polar surface area (TPSA) is 61.9 Å². The van der Waals surface area contributed by atoms with Crippen molar-refractivity contribution in [3.05, 3.63) is 48.0 Å². The van der Waals surface area contributed by atoms with Gasteiger partial charge in [0.15, 0.2) is 0 Å². The van der Waals surface area contributed by atoms with Gasteiger partial charge in [-0.25, -0.2) is 8.42 Å². The molecule has 2 aromatic rings. The van der Waals surface area contributed by atoms with E-state index in [0.717, 1.165) is 37.4 Å². The molecule has 0 saturated carbocycles. The molecule has 0 radical (unpaired) electrons. The number of nitrogens with one attached hydrogen (secondary N) is 1. The van der Waals surface area contributed by atoms with Crippen molar-refractivity contribution < 1.29 is 21.9 Å². The second kappa shape index (κ2) is 8.32. The predicted octanol–water partition coefficient (Wildman–Crippen LogP) is 3.15. The first-order chi connectivity index (χ1) is 13.2. The maximum atomic E-state index is 12.8. The number of rotatable bonds is 6. The van der Waals surface area contributed by atoms with Gasteiger partial charge in [-0.1, -0.05) is 12.1 Å². The second-order valence-corrected chi connectivity index (χ2v) is 8.43. The monoisotopic (exact) mass is 411 g/mol. The maximum Gasteiger partial charge on any atom is 0.387 e. The van der Waals surface area contributed by atoms with E-state index in [9.17, 15) is 17.2 Å². The van der Waals surface area contributed by atoms with Crippen LogP contribution in [0.2, 0.25) is 0 Å². The van der Waals surface area contributed by atoms with Gasteiger partial charge in [0.2, 0.25) is 0 Å². The number of likely N-dealkylation sites (N-methyl/N-ethyl adjacent to an activating group) is 1. The highest BCUT2D eigenvalue weighted by atomic mass is 32.2. The van der Waals surface area contributed by atoms with Crippen molar-refractivity contribution in [1.82, 2.24) is 4.90 Å². The SMILES string of the molecule is Cc1ccc(S(=O)(=O)Nc2cccc(OC(F)F)c2)cc1N1CCN(C)CC1. The number of benzene rings is 2. The number of alkyl halides is 2. The number of anilines is 2. The van der Waals surface area contributed by atoms with Gasteiger partial charge in [-0.3, -0.25) is 4.72 Å². The Bertz CT molecular complexity index is 930. The molecule has 0 aliphatic carbocycles. The zero-order valence-corrected chi connectivity index (χ0v) is 16.5. The minimum atomic E-state index is -3.88. The van der Waals surface area contributed by atoms with Crippen LogP contribution in [0, 0.1) is 6.92 Å². The van der Waals surface area contributed by atoms with E-state index in [4.69, 9.17) is 0 Å². The fourth-order valence-corrected chi connectivity index (χ4v) is 4.16. The Morgan fingerprint density at radius 3 is 2.46 bits per heavy atom. The van der Waals surface area contributed by atoms with E-state index < -0.39 is 16.6 Å². The molecular weight excluding hydrogens is 388 g/mol. The third-order valence-corrected chi connectivity index (χ3v) is 6.03. The third kappa shape index (κ3) is 4.90. The average Bonchev–Trinajstić information content (AvgIpc) is 2.62. The number of ether oxygens (including phenoxy) is 1. The molecule has 2 aromatic carbocycles. The summed E-state index contributed by atoms with van der Waals surface area (Å²) in [6.45, 7) is 2.43. The number of hydrogen-bond donors (Lipinski definition) is 1. The van der Waals surface area contributed by atoms with Crippen LogP contribution in [-0.2, 0) is 10.0 Å². The van der Waals surface area contributed by atoms with E-state index in [1.807, 2.05) is 6.92 Å². The fraction of sp³-hybridized carbons (Fsp3) is 0.368. The first kappa shape index (κ1) is 20.3. The predicted molar refractivity (Wildman–Crippen MR) is 105 cm³/mol. The number of nitrogens with zero attached hydrogens (tertiary/aromatic N) is 2. The standard InChI is InChI=1S/C19H23F2N3O3S/c1-14-6-7-17(13-18(14)24-10-8-23(2)9-11-24)28(25,26)22-15-4-3-5-16(12-15)27-19(20)21/h3-7,12-13,19,22H,8-11H2,1-2H3. The van der Waals surface area contributed by atoms with Crippen molar-refractivity contribution in [3.63, 3.8) is 0 Å². The van der Waals surface area contributed by atoms with Crippen molar-refractivity contribution in [1.29, 1.82) is 0 Å². The summed E-state index contributed by atoms with van der Waals surface area (Å²) in [6, 6.07) is 10.4. The lowest BCUT2D eigenvalue weighted by Gasteiger charge is -2.35. The average molecular weight is 411 g/mol. The van der Waals surface area contributed by atoms with Gasteiger partial charge in [-0.05, 0) is 43.8 Å². The van der Waals surface area contributed by atoms with E-state index in [-0.39, 0.29) is 16.3 Å². The lowest BCUT2D eigenvalue weighted by Crippen LogP contribution is -2.44. The summed E-state index contributed by atoms with van der Waals surface area (Å²) in [5.41, 5.74) is 2.03. The molecule has 1 aliphatic heterocycles. The highest BCUT2D eigenvalue weighted by molar-refractivity contribution is 7.92. The summed E-state index contributed by atoms with van der Waals surface area (Å²) in [6.07, 6.45) is 0. The van der Waals surface area contributed by atoms with Gasteiger partial charge in [0.25, 0.3) is 10.0 Å². The summed E-state index contributed by atoms with van der Waals surface area (Å²) < 4.78 is 57.1. The van der Waals surface area contributed by atoms with Crippen LogP contribution in [0.5, 0.6) is 5.75 Å². The molecule has 6 nitrogen and oxygen atoms in total. The molecule has 0 unspecified atom stereocenters. The van der Waals surface area contributed by atoms with Crippen molar-refractivity contribution in [2.24, 2.45) is 0 Å². The maximum absolute atomic E-state index is 12.8. The zero-order valence-electron chi connectivity index (χ0n) is 15.7. The minimum Gasteiger partial charge on any atom is -0.435 e. The quantitative estimate of drug-likeness (QED) is 0.791. The van der Waals surface area contributed by atoms with Crippen molar-refractivity contribution >= 4 is 21.4 Å². The van der Waals surface area contributed by atoms with Crippen LogP contribution in [0.25, 0.3) is 0 Å². The van der Waals surface area contributed by atoms with Crippen molar-refractivity contribution in [2.75, 3.05) is 42.8 Å². The lowest BCUT2D eigenvalue weighted by atomic mass is 10.1. The van der Waals surface area contributed by atoms with Crippen molar-refractivity contribution in [3.8, 4) is 5.75 Å². The number of aryl methyl sites for hydroxylation is 1. The normalized spacial score (nSPS) is 15.7. The molecule has 1 N–H and O–H groups in total. The summed E-state index contributed by atoms with van der Waals surface area (Å²) in [7, 11) is -1.82. The molecule has 1 heterocycles. The Balaban J connectivity index is 1.83. The van der Waals surface area contributed by atoms with Crippen LogP contribution in [0.4, 0.5) is 20.2 Å². The molecule has 1 aliphatic rings. The summed E-state index contributed by atoms with van der Waals surface area (Å²) in [5.74, 6) is -0.114. The molecule has 0 aromatic heterocycles. The van der Waals surface area contributed by atoms with Gasteiger partial charge in [0.1, 0.15) is 5.75 Å². The number of hydrogen-bond acceptors (Lipinski definition) is 5. The molecule has 0 atom stereocenters. The van der Waals surface area contributed by atoms with Gasteiger partial charge >= 0.3 is 6.61 Å². The van der Waals surface area contributed by atoms with Crippen LogP contribution in [-0.4, -0.2) is 53.2 Å². The summed E-state index contributed by atoms with van der Waals surface area (Å²) in [5, 5.41) is 0. The number of sulfonamides is 1. The third-order valence-electron chi connectivity index (χ3n) is 4.65. The summed E-state index contributed by atoms with van der Waals surface area (Å²) in [4.78, 5) is 4.51. The molecule has 0 amide bonds. The van der Waals surface area contributed by atoms with Crippen molar-refractivity contribution in [2.45, 2.75) is 18.4 Å². The zero-order chi connectivity index (χ0) is 20.3. The largest absolute Gasteiger partial charge is 0.435 e. The smallest absolute Gasteiger partial charge is 0.387 e. The van der Waals surface area contributed by atoms with Crippen LogP contribution in [0.1, 0.15) is 5.56 Å². The number of piperazine rings is 1. The van der Waals surface area contributed by atoms with E-state index in [1.54, 1.807) is 12.1 Å². The first-order valence-electron chi connectivity index (χ1n) is 8.86. The van der Waals surface area contributed by atoms with Gasteiger partial charge in [-0.15, -0.1) is 0 Å². The Kier molecular flexibility index (Phi) is 6.04. The molecule has 28 heavy (non-hydrogen) atoms. The Morgan fingerprint density at radius 1 is 1.07 bits per heavy atom. The molecule has 0 bridgehead atoms. The lowest BCUT2D eigenvalue weighted by molar-refractivity contribution is -0.0497. The van der Waals surface area contributed by atoms with Crippen LogP contribution < -0.4 is 14.4 Å². The molecule has 1 fully saturated rings. The highest BCUT2D eigenvalue weighted by Crippen LogP contribution is 2.27. The Hall–Kier alpha value is -2.39. The molecule has 152 valence electrons. The van der Waals surface area contributed by atoms with E-state index in [2.05, 4.69) is 26.3 Å². The van der Waals surface area contributed by atoms with Crippen LogP contribution in [0.15, 0.2) is 47.4 Å². The fourth-order valence-electron chi connectivity index (χ4n) is 3.09. The molecular formula is C19H23F2N3O3S. The van der Waals surface area contributed by atoms with Gasteiger partial charge in [0.05, 0.1) is 10.6 Å². The number of halogens is 2. The Labute approximate surface area is 163 Å².